The van der Waals surface area contributed by atoms with Gasteiger partial charge in [-0.15, -0.1) is 11.3 Å². The first kappa shape index (κ1) is 14.3. The SMILES string of the molecule is Cc1cnc(NC(=O)N(C)CCOc2ccccc2)s1. The Bertz CT molecular complexity index is 557. The first-order chi connectivity index (χ1) is 9.65. The predicted molar refractivity (Wildman–Crippen MR) is 80.4 cm³/mol. The van der Waals surface area contributed by atoms with Gasteiger partial charge in [-0.25, -0.2) is 9.78 Å². The lowest BCUT2D eigenvalue weighted by molar-refractivity contribution is 0.207. The maximum absolute atomic E-state index is 11.9. The molecule has 106 valence electrons. The number of hydrogen-bond donors (Lipinski definition) is 1. The topological polar surface area (TPSA) is 54.5 Å². The van der Waals surface area contributed by atoms with Crippen LogP contribution in [-0.4, -0.2) is 36.1 Å². The lowest BCUT2D eigenvalue weighted by atomic mass is 10.3. The highest BCUT2D eigenvalue weighted by atomic mass is 32.1. The molecule has 0 saturated carbocycles. The Morgan fingerprint density at radius 2 is 2.15 bits per heavy atom. The minimum Gasteiger partial charge on any atom is -0.492 e. The Kier molecular flexibility index (Phi) is 4.95. The Hall–Kier alpha value is -2.08. The van der Waals surface area contributed by atoms with Crippen LogP contribution < -0.4 is 10.1 Å². The number of urea groups is 1. The number of rotatable bonds is 5. The van der Waals surface area contributed by atoms with Gasteiger partial charge in [-0.05, 0) is 19.1 Å². The van der Waals surface area contributed by atoms with Gasteiger partial charge >= 0.3 is 6.03 Å². The molecule has 6 heteroatoms. The molecular weight excluding hydrogens is 274 g/mol. The number of aryl methyl sites for hydroxylation is 1. The number of carbonyl (C=O) groups is 1. The van der Waals surface area contributed by atoms with Crippen LogP contribution in [0, 0.1) is 6.92 Å². The molecule has 1 aromatic carbocycles. The summed E-state index contributed by atoms with van der Waals surface area (Å²) in [5.74, 6) is 0.803. The van der Waals surface area contributed by atoms with Crippen molar-refractivity contribution < 1.29 is 9.53 Å². The van der Waals surface area contributed by atoms with Gasteiger partial charge in [0.25, 0.3) is 0 Å². The van der Waals surface area contributed by atoms with Gasteiger partial charge in [0.1, 0.15) is 12.4 Å². The molecule has 1 heterocycles. The fourth-order valence-corrected chi connectivity index (χ4v) is 2.17. The van der Waals surface area contributed by atoms with Crippen molar-refractivity contribution in [3.05, 3.63) is 41.4 Å². The lowest BCUT2D eigenvalue weighted by Gasteiger charge is -2.17. The average Bonchev–Trinajstić information content (AvgIpc) is 2.85. The summed E-state index contributed by atoms with van der Waals surface area (Å²) in [6.07, 6.45) is 1.73. The first-order valence-corrected chi connectivity index (χ1v) is 7.09. The van der Waals surface area contributed by atoms with E-state index in [1.807, 2.05) is 37.3 Å². The van der Waals surface area contributed by atoms with E-state index >= 15 is 0 Å². The minimum absolute atomic E-state index is 0.184. The van der Waals surface area contributed by atoms with Gasteiger partial charge in [0, 0.05) is 18.1 Å². The van der Waals surface area contributed by atoms with Gasteiger partial charge in [0.2, 0.25) is 0 Å². The summed E-state index contributed by atoms with van der Waals surface area (Å²) >= 11 is 1.45. The highest BCUT2D eigenvalue weighted by Gasteiger charge is 2.10. The standard InChI is InChI=1S/C14H17N3O2S/c1-11-10-15-13(20-11)16-14(18)17(2)8-9-19-12-6-4-3-5-7-12/h3-7,10H,8-9H2,1-2H3,(H,15,16,18). The Labute approximate surface area is 122 Å². The molecule has 20 heavy (non-hydrogen) atoms. The highest BCUT2D eigenvalue weighted by Crippen LogP contribution is 2.16. The van der Waals surface area contributed by atoms with Crippen molar-refractivity contribution >= 4 is 22.5 Å². The third kappa shape index (κ3) is 4.24. The second-order valence-corrected chi connectivity index (χ2v) is 5.52. The second-order valence-electron chi connectivity index (χ2n) is 4.29. The molecule has 0 atom stereocenters. The molecule has 0 aliphatic heterocycles. The first-order valence-electron chi connectivity index (χ1n) is 6.27. The minimum atomic E-state index is -0.184. The summed E-state index contributed by atoms with van der Waals surface area (Å²) < 4.78 is 5.55. The molecule has 0 aliphatic rings. The highest BCUT2D eigenvalue weighted by molar-refractivity contribution is 7.15. The summed E-state index contributed by atoms with van der Waals surface area (Å²) in [6, 6.07) is 9.35. The van der Waals surface area contributed by atoms with E-state index in [2.05, 4.69) is 10.3 Å². The zero-order valence-electron chi connectivity index (χ0n) is 11.5. The van der Waals surface area contributed by atoms with Crippen molar-refractivity contribution in [2.24, 2.45) is 0 Å². The van der Waals surface area contributed by atoms with Crippen molar-refractivity contribution in [2.45, 2.75) is 6.92 Å². The third-order valence-electron chi connectivity index (χ3n) is 2.62. The summed E-state index contributed by atoms with van der Waals surface area (Å²) in [6.45, 7) is 2.90. The van der Waals surface area contributed by atoms with Crippen molar-refractivity contribution in [2.75, 3.05) is 25.5 Å². The number of thiazole rings is 1. The number of carbonyl (C=O) groups excluding carboxylic acids is 1. The number of amides is 2. The normalized spacial score (nSPS) is 10.1. The number of ether oxygens (including phenoxy) is 1. The van der Waals surface area contributed by atoms with E-state index in [0.29, 0.717) is 18.3 Å². The van der Waals surface area contributed by atoms with Gasteiger partial charge < -0.3 is 9.64 Å². The molecule has 2 rings (SSSR count). The number of nitrogens with one attached hydrogen (secondary N) is 1. The Morgan fingerprint density at radius 1 is 1.40 bits per heavy atom. The number of anilines is 1. The van der Waals surface area contributed by atoms with E-state index < -0.39 is 0 Å². The van der Waals surface area contributed by atoms with Crippen molar-refractivity contribution in [1.82, 2.24) is 9.88 Å². The van der Waals surface area contributed by atoms with Crippen LogP contribution in [0.2, 0.25) is 0 Å². The smallest absolute Gasteiger partial charge is 0.323 e. The Morgan fingerprint density at radius 3 is 2.80 bits per heavy atom. The Balaban J connectivity index is 1.74. The number of nitrogens with zero attached hydrogens (tertiary/aromatic N) is 2. The van der Waals surface area contributed by atoms with Crippen LogP contribution in [-0.2, 0) is 0 Å². The van der Waals surface area contributed by atoms with Crippen LogP contribution in [0.4, 0.5) is 9.93 Å². The van der Waals surface area contributed by atoms with Gasteiger partial charge in [-0.1, -0.05) is 18.2 Å². The van der Waals surface area contributed by atoms with Crippen molar-refractivity contribution in [3.63, 3.8) is 0 Å². The maximum Gasteiger partial charge on any atom is 0.323 e. The second kappa shape index (κ2) is 6.91. The van der Waals surface area contributed by atoms with Gasteiger partial charge in [0.05, 0.1) is 6.54 Å². The van der Waals surface area contributed by atoms with E-state index in [-0.39, 0.29) is 6.03 Å². The van der Waals surface area contributed by atoms with Crippen LogP contribution in [0.3, 0.4) is 0 Å². The van der Waals surface area contributed by atoms with E-state index in [0.717, 1.165) is 10.6 Å². The molecule has 0 unspecified atom stereocenters. The van der Waals surface area contributed by atoms with Crippen molar-refractivity contribution in [3.8, 4) is 5.75 Å². The van der Waals surface area contributed by atoms with E-state index in [1.54, 1.807) is 18.1 Å². The van der Waals surface area contributed by atoms with Crippen LogP contribution in [0.1, 0.15) is 4.88 Å². The van der Waals surface area contributed by atoms with Crippen LogP contribution in [0.15, 0.2) is 36.5 Å². The molecule has 2 aromatic rings. The van der Waals surface area contributed by atoms with Crippen molar-refractivity contribution in [1.29, 1.82) is 0 Å². The number of likely N-dealkylation sites (N-methyl/N-ethyl adjacent to an activating group) is 1. The van der Waals surface area contributed by atoms with Gasteiger partial charge in [-0.2, -0.15) is 0 Å². The van der Waals surface area contributed by atoms with Crippen LogP contribution >= 0.6 is 11.3 Å². The lowest BCUT2D eigenvalue weighted by Crippen LogP contribution is -2.34. The molecule has 2 amide bonds. The largest absolute Gasteiger partial charge is 0.492 e. The summed E-state index contributed by atoms with van der Waals surface area (Å²) in [4.78, 5) is 18.6. The fraction of sp³-hybridized carbons (Fsp3) is 0.286. The number of hydrogen-bond acceptors (Lipinski definition) is 4. The number of aromatic nitrogens is 1. The molecular formula is C14H17N3O2S. The predicted octanol–water partition coefficient (Wildman–Crippen LogP) is 2.99. The van der Waals surface area contributed by atoms with E-state index in [1.165, 1.54) is 11.3 Å². The van der Waals surface area contributed by atoms with Gasteiger partial charge in [0.15, 0.2) is 5.13 Å². The molecule has 0 aliphatic carbocycles. The average molecular weight is 291 g/mol. The number of benzene rings is 1. The molecule has 1 aromatic heterocycles. The molecule has 0 saturated heterocycles. The zero-order valence-corrected chi connectivity index (χ0v) is 12.3. The summed E-state index contributed by atoms with van der Waals surface area (Å²) in [7, 11) is 1.73. The monoisotopic (exact) mass is 291 g/mol. The molecule has 1 N–H and O–H groups in total. The molecule has 0 fully saturated rings. The molecule has 0 spiro atoms. The fourth-order valence-electron chi connectivity index (χ4n) is 1.52. The maximum atomic E-state index is 11.9. The molecule has 0 radical (unpaired) electrons. The van der Waals surface area contributed by atoms with E-state index in [9.17, 15) is 4.79 Å². The van der Waals surface area contributed by atoms with Crippen LogP contribution in [0.5, 0.6) is 5.75 Å². The number of para-hydroxylation sites is 1. The van der Waals surface area contributed by atoms with Gasteiger partial charge in [-0.3, -0.25) is 5.32 Å². The quantitative estimate of drug-likeness (QED) is 0.921. The summed E-state index contributed by atoms with van der Waals surface area (Å²) in [5.41, 5.74) is 0. The zero-order chi connectivity index (χ0) is 14.4. The van der Waals surface area contributed by atoms with E-state index in [4.69, 9.17) is 4.74 Å². The third-order valence-corrected chi connectivity index (χ3v) is 3.45. The summed E-state index contributed by atoms with van der Waals surface area (Å²) in [5, 5.41) is 3.36. The van der Waals surface area contributed by atoms with Crippen LogP contribution in [0.25, 0.3) is 0 Å². The molecule has 0 bridgehead atoms. The molecule has 5 nitrogen and oxygen atoms in total.